The van der Waals surface area contributed by atoms with Crippen molar-refractivity contribution in [2.24, 2.45) is 0 Å². The Kier molecular flexibility index (Phi) is 2.75. The number of ether oxygens (including phenoxy) is 3. The molecule has 0 atom stereocenters. The van der Waals surface area contributed by atoms with Gasteiger partial charge in [-0.3, -0.25) is 0 Å². The molecule has 4 nitrogen and oxygen atoms in total. The van der Waals surface area contributed by atoms with Crippen LogP contribution in [0.25, 0.3) is 0 Å². The molecule has 0 spiro atoms. The van der Waals surface area contributed by atoms with Crippen LogP contribution in [0.4, 0.5) is 0 Å². The van der Waals surface area contributed by atoms with E-state index in [1.54, 1.807) is 7.11 Å². The molecule has 0 aliphatic carbocycles. The van der Waals surface area contributed by atoms with Crippen LogP contribution in [0.15, 0.2) is 12.1 Å². The van der Waals surface area contributed by atoms with Crippen molar-refractivity contribution in [1.82, 2.24) is 0 Å². The first-order valence-electron chi connectivity index (χ1n) is 4.62. The van der Waals surface area contributed by atoms with Crippen molar-refractivity contribution >= 4 is 0 Å². The van der Waals surface area contributed by atoms with E-state index in [-0.39, 0.29) is 6.79 Å². The van der Waals surface area contributed by atoms with Gasteiger partial charge >= 0.3 is 0 Å². The maximum atomic E-state index is 8.67. The zero-order chi connectivity index (χ0) is 10.7. The lowest BCUT2D eigenvalue weighted by molar-refractivity contribution is -0.0165. The molecule has 0 bridgehead atoms. The van der Waals surface area contributed by atoms with E-state index in [0.717, 1.165) is 16.9 Å². The van der Waals surface area contributed by atoms with Crippen LogP contribution in [-0.2, 0) is 17.8 Å². The van der Waals surface area contributed by atoms with Crippen LogP contribution in [0.5, 0.6) is 11.5 Å². The van der Waals surface area contributed by atoms with Crippen LogP contribution in [0.2, 0.25) is 0 Å². The molecule has 1 aliphatic rings. The minimum Gasteiger partial charge on any atom is -0.496 e. The largest absolute Gasteiger partial charge is 0.496 e. The zero-order valence-electron chi connectivity index (χ0n) is 8.45. The van der Waals surface area contributed by atoms with Crippen LogP contribution >= 0.6 is 0 Å². The molecule has 1 aliphatic heterocycles. The molecule has 78 valence electrons. The highest BCUT2D eigenvalue weighted by Crippen LogP contribution is 2.31. The number of rotatable bonds is 2. The fourth-order valence-corrected chi connectivity index (χ4v) is 1.56. The van der Waals surface area contributed by atoms with Gasteiger partial charge in [0, 0.05) is 11.1 Å². The Morgan fingerprint density at radius 3 is 3.13 bits per heavy atom. The lowest BCUT2D eigenvalue weighted by atomic mass is 10.1. The summed E-state index contributed by atoms with van der Waals surface area (Å²) in [6, 6.07) is 5.81. The number of methoxy groups -OCH3 is 1. The van der Waals surface area contributed by atoms with E-state index in [4.69, 9.17) is 19.5 Å². The van der Waals surface area contributed by atoms with Gasteiger partial charge in [0.2, 0.25) is 0 Å². The fraction of sp³-hybridized carbons (Fsp3) is 0.364. The molecule has 2 rings (SSSR count). The molecule has 0 amide bonds. The van der Waals surface area contributed by atoms with E-state index >= 15 is 0 Å². The van der Waals surface area contributed by atoms with Gasteiger partial charge in [0.05, 0.1) is 26.2 Å². The average molecular weight is 205 g/mol. The fourth-order valence-electron chi connectivity index (χ4n) is 1.56. The maximum Gasteiger partial charge on any atom is 0.189 e. The molecule has 0 radical (unpaired) electrons. The quantitative estimate of drug-likeness (QED) is 0.736. The van der Waals surface area contributed by atoms with Crippen LogP contribution < -0.4 is 9.47 Å². The predicted molar refractivity (Wildman–Crippen MR) is 52.6 cm³/mol. The molecule has 1 heterocycles. The Balaban J connectivity index is 2.42. The van der Waals surface area contributed by atoms with Crippen molar-refractivity contribution in [3.63, 3.8) is 0 Å². The summed E-state index contributed by atoms with van der Waals surface area (Å²) in [5, 5.41) is 8.67. The zero-order valence-corrected chi connectivity index (χ0v) is 8.45. The molecular formula is C11H11NO3. The second-order valence-corrected chi connectivity index (χ2v) is 3.22. The molecule has 0 saturated heterocycles. The lowest BCUT2D eigenvalue weighted by Crippen LogP contribution is -2.12. The van der Waals surface area contributed by atoms with Gasteiger partial charge in [-0.2, -0.15) is 5.26 Å². The van der Waals surface area contributed by atoms with Gasteiger partial charge in [-0.05, 0) is 12.1 Å². The van der Waals surface area contributed by atoms with Gasteiger partial charge in [-0.1, -0.05) is 0 Å². The summed E-state index contributed by atoms with van der Waals surface area (Å²) in [5.41, 5.74) is 1.81. The van der Waals surface area contributed by atoms with E-state index in [0.29, 0.717) is 18.8 Å². The van der Waals surface area contributed by atoms with Crippen LogP contribution in [0.1, 0.15) is 11.1 Å². The van der Waals surface area contributed by atoms with Gasteiger partial charge in [-0.15, -0.1) is 0 Å². The van der Waals surface area contributed by atoms with E-state index in [2.05, 4.69) is 6.07 Å². The summed E-state index contributed by atoms with van der Waals surface area (Å²) in [4.78, 5) is 0. The van der Waals surface area contributed by atoms with Gasteiger partial charge in [-0.25, -0.2) is 0 Å². The van der Waals surface area contributed by atoms with Crippen molar-refractivity contribution in [2.45, 2.75) is 13.0 Å². The van der Waals surface area contributed by atoms with Crippen LogP contribution in [-0.4, -0.2) is 13.9 Å². The molecule has 15 heavy (non-hydrogen) atoms. The number of nitrogens with zero attached hydrogens (tertiary/aromatic N) is 1. The van der Waals surface area contributed by atoms with E-state index in [1.165, 1.54) is 0 Å². The summed E-state index contributed by atoms with van der Waals surface area (Å²) in [7, 11) is 1.59. The second-order valence-electron chi connectivity index (χ2n) is 3.22. The maximum absolute atomic E-state index is 8.67. The van der Waals surface area contributed by atoms with E-state index in [1.807, 2.05) is 12.1 Å². The van der Waals surface area contributed by atoms with Crippen molar-refractivity contribution in [3.8, 4) is 17.6 Å². The molecular weight excluding hydrogens is 194 g/mol. The number of nitriles is 1. The molecule has 0 fully saturated rings. The third-order valence-electron chi connectivity index (χ3n) is 2.29. The van der Waals surface area contributed by atoms with Crippen LogP contribution in [0, 0.1) is 11.3 Å². The van der Waals surface area contributed by atoms with Crippen LogP contribution in [0.3, 0.4) is 0 Å². The summed E-state index contributed by atoms with van der Waals surface area (Å²) in [5.74, 6) is 1.50. The third kappa shape index (κ3) is 1.88. The average Bonchev–Trinajstić information content (AvgIpc) is 2.28. The molecule has 1 aromatic carbocycles. The molecule has 0 saturated carbocycles. The first-order valence-corrected chi connectivity index (χ1v) is 4.62. The molecule has 1 aromatic rings. The minimum atomic E-state index is 0.269. The molecule has 0 N–H and O–H groups in total. The minimum absolute atomic E-state index is 0.269. The van der Waals surface area contributed by atoms with Gasteiger partial charge in [0.25, 0.3) is 0 Å². The Morgan fingerprint density at radius 1 is 1.53 bits per heavy atom. The molecule has 0 unspecified atom stereocenters. The Hall–Kier alpha value is -1.73. The highest BCUT2D eigenvalue weighted by Gasteiger charge is 2.14. The SMILES string of the molecule is COc1cc2c(cc1CC#N)OCOC2. The highest BCUT2D eigenvalue weighted by atomic mass is 16.7. The third-order valence-corrected chi connectivity index (χ3v) is 2.29. The van der Waals surface area contributed by atoms with Gasteiger partial charge in [0.15, 0.2) is 6.79 Å². The Bertz CT molecular complexity index is 409. The monoisotopic (exact) mass is 205 g/mol. The van der Waals surface area contributed by atoms with E-state index < -0.39 is 0 Å². The lowest BCUT2D eigenvalue weighted by Gasteiger charge is -2.19. The predicted octanol–water partition coefficient (Wildman–Crippen LogP) is 1.63. The summed E-state index contributed by atoms with van der Waals surface area (Å²) in [6.45, 7) is 0.795. The first-order chi connectivity index (χ1) is 7.35. The summed E-state index contributed by atoms with van der Waals surface area (Å²) in [6.07, 6.45) is 0.320. The normalized spacial score (nSPS) is 13.6. The molecule has 0 aromatic heterocycles. The smallest absolute Gasteiger partial charge is 0.189 e. The Morgan fingerprint density at radius 2 is 2.40 bits per heavy atom. The number of hydrogen-bond acceptors (Lipinski definition) is 4. The van der Waals surface area contributed by atoms with Crippen molar-refractivity contribution in [3.05, 3.63) is 23.3 Å². The van der Waals surface area contributed by atoms with E-state index in [9.17, 15) is 0 Å². The van der Waals surface area contributed by atoms with Crippen molar-refractivity contribution in [1.29, 1.82) is 5.26 Å². The topological polar surface area (TPSA) is 51.5 Å². The highest BCUT2D eigenvalue weighted by molar-refractivity contribution is 5.47. The standard InChI is InChI=1S/C11H11NO3/c1-13-10-5-9-6-14-7-15-11(9)4-8(10)2-3-12/h4-5H,2,6-7H2,1H3. The molecule has 4 heteroatoms. The number of benzene rings is 1. The number of hydrogen-bond donors (Lipinski definition) is 0. The van der Waals surface area contributed by atoms with Gasteiger partial charge < -0.3 is 14.2 Å². The first kappa shape index (κ1) is 9.81. The van der Waals surface area contributed by atoms with Crippen molar-refractivity contribution < 1.29 is 14.2 Å². The van der Waals surface area contributed by atoms with Crippen molar-refractivity contribution in [2.75, 3.05) is 13.9 Å². The Labute approximate surface area is 88.0 Å². The number of fused-ring (bicyclic) bond motifs is 1. The summed E-state index contributed by atoms with van der Waals surface area (Å²) >= 11 is 0. The summed E-state index contributed by atoms with van der Waals surface area (Å²) < 4.78 is 15.7. The van der Waals surface area contributed by atoms with Gasteiger partial charge in [0.1, 0.15) is 11.5 Å². The second kappa shape index (κ2) is 4.20.